The van der Waals surface area contributed by atoms with Crippen LogP contribution in [0.3, 0.4) is 0 Å². The third kappa shape index (κ3) is 5.31. The Kier molecular flexibility index (Phi) is 6.69. The van der Waals surface area contributed by atoms with Gasteiger partial charge in [-0.3, -0.25) is 9.58 Å². The van der Waals surface area contributed by atoms with E-state index in [0.29, 0.717) is 32.0 Å². The summed E-state index contributed by atoms with van der Waals surface area (Å²) in [5.74, 6) is 0. The van der Waals surface area contributed by atoms with E-state index < -0.39 is 11.9 Å². The molecule has 1 saturated heterocycles. The monoisotopic (exact) mass is 447 g/mol. The molecule has 2 aromatic carbocycles. The van der Waals surface area contributed by atoms with Gasteiger partial charge >= 0.3 is 6.18 Å². The number of benzene rings is 2. The number of ether oxygens (including phenoxy) is 1. The minimum atomic E-state index is -4.48. The molecule has 1 aliphatic rings. The molecule has 0 aliphatic carbocycles. The number of thioether (sulfide) groups is 1. The minimum Gasteiger partial charge on any atom is -0.379 e. The number of alkyl halides is 3. The Morgan fingerprint density at radius 2 is 1.65 bits per heavy atom. The van der Waals surface area contributed by atoms with Crippen LogP contribution in [0.15, 0.2) is 59.5 Å². The molecule has 2 heterocycles. The van der Waals surface area contributed by atoms with Crippen LogP contribution in [0.4, 0.5) is 13.2 Å². The van der Waals surface area contributed by atoms with Crippen LogP contribution in [0, 0.1) is 0 Å². The molecule has 0 N–H and O–H groups in total. The number of rotatable bonds is 6. The van der Waals surface area contributed by atoms with Crippen LogP contribution in [0.2, 0.25) is 0 Å². The van der Waals surface area contributed by atoms with E-state index in [-0.39, 0.29) is 0 Å². The number of nitrogens with zero attached hydrogens (tertiary/aromatic N) is 3. The van der Waals surface area contributed by atoms with Gasteiger partial charge in [-0.05, 0) is 41.1 Å². The van der Waals surface area contributed by atoms with Gasteiger partial charge in [0, 0.05) is 24.5 Å². The molecule has 0 amide bonds. The summed E-state index contributed by atoms with van der Waals surface area (Å²) in [5, 5.41) is 3.88. The van der Waals surface area contributed by atoms with Gasteiger partial charge in [0.05, 0.1) is 25.5 Å². The van der Waals surface area contributed by atoms with E-state index in [1.54, 1.807) is 11.8 Å². The van der Waals surface area contributed by atoms with Crippen molar-refractivity contribution in [3.8, 4) is 22.4 Å². The quantitative estimate of drug-likeness (QED) is 0.481. The van der Waals surface area contributed by atoms with Crippen molar-refractivity contribution < 1.29 is 17.9 Å². The topological polar surface area (TPSA) is 30.3 Å². The number of morpholine rings is 1. The molecular formula is C23H24F3N3OS. The normalized spacial score (nSPS) is 15.4. The zero-order valence-electron chi connectivity index (χ0n) is 17.2. The van der Waals surface area contributed by atoms with Crippen molar-refractivity contribution in [2.24, 2.45) is 0 Å². The van der Waals surface area contributed by atoms with E-state index in [2.05, 4.69) is 16.1 Å². The molecule has 0 bridgehead atoms. The van der Waals surface area contributed by atoms with Crippen LogP contribution in [-0.4, -0.2) is 53.8 Å². The Balaban J connectivity index is 1.60. The van der Waals surface area contributed by atoms with Crippen molar-refractivity contribution in [3.05, 3.63) is 60.3 Å². The third-order valence-corrected chi connectivity index (χ3v) is 6.11. The van der Waals surface area contributed by atoms with Crippen LogP contribution in [0.25, 0.3) is 22.4 Å². The van der Waals surface area contributed by atoms with Gasteiger partial charge in [-0.15, -0.1) is 11.8 Å². The standard InChI is InChI=1S/C23H24F3N3OS/c1-31-20-4-2-3-19(15-20)17-5-7-18(8-6-17)21-16-22(23(24,25)26)27-29(21)10-9-28-11-13-30-14-12-28/h2-8,15-16H,9-14H2,1H3. The van der Waals surface area contributed by atoms with Crippen LogP contribution in [0.1, 0.15) is 5.69 Å². The van der Waals surface area contributed by atoms with E-state index in [1.807, 2.05) is 48.7 Å². The minimum absolute atomic E-state index is 0.392. The van der Waals surface area contributed by atoms with Gasteiger partial charge in [0.2, 0.25) is 0 Å². The zero-order valence-corrected chi connectivity index (χ0v) is 18.0. The predicted molar refractivity (Wildman–Crippen MR) is 117 cm³/mol. The molecule has 4 rings (SSSR count). The molecule has 8 heteroatoms. The first kappa shape index (κ1) is 21.9. The smallest absolute Gasteiger partial charge is 0.379 e. The largest absolute Gasteiger partial charge is 0.435 e. The summed E-state index contributed by atoms with van der Waals surface area (Å²) in [5.41, 5.74) is 2.44. The SMILES string of the molecule is CSc1cccc(-c2ccc(-c3cc(C(F)(F)F)nn3CCN3CCOCC3)cc2)c1. The summed E-state index contributed by atoms with van der Waals surface area (Å²) in [6.07, 6.45) is -2.45. The fourth-order valence-electron chi connectivity index (χ4n) is 3.66. The molecule has 1 aliphatic heterocycles. The first-order valence-electron chi connectivity index (χ1n) is 10.1. The molecule has 4 nitrogen and oxygen atoms in total. The van der Waals surface area contributed by atoms with Crippen LogP contribution in [0.5, 0.6) is 0 Å². The molecule has 0 atom stereocenters. The van der Waals surface area contributed by atoms with Crippen molar-refractivity contribution in [2.45, 2.75) is 17.6 Å². The highest BCUT2D eigenvalue weighted by Gasteiger charge is 2.35. The van der Waals surface area contributed by atoms with E-state index in [1.165, 1.54) is 4.68 Å². The van der Waals surface area contributed by atoms with E-state index in [9.17, 15) is 13.2 Å². The predicted octanol–water partition coefficient (Wildman–Crippen LogP) is 5.29. The fraction of sp³-hybridized carbons (Fsp3) is 0.348. The lowest BCUT2D eigenvalue weighted by molar-refractivity contribution is -0.141. The van der Waals surface area contributed by atoms with E-state index in [0.717, 1.165) is 40.7 Å². The molecule has 1 fully saturated rings. The van der Waals surface area contributed by atoms with Crippen LogP contribution < -0.4 is 0 Å². The highest BCUT2D eigenvalue weighted by atomic mass is 32.2. The highest BCUT2D eigenvalue weighted by molar-refractivity contribution is 7.98. The second-order valence-electron chi connectivity index (χ2n) is 7.40. The number of hydrogen-bond acceptors (Lipinski definition) is 4. The van der Waals surface area contributed by atoms with Crippen molar-refractivity contribution in [3.63, 3.8) is 0 Å². The summed E-state index contributed by atoms with van der Waals surface area (Å²) in [6, 6.07) is 17.0. The Morgan fingerprint density at radius 1 is 0.935 bits per heavy atom. The van der Waals surface area contributed by atoms with Crippen molar-refractivity contribution in [2.75, 3.05) is 39.1 Å². The van der Waals surface area contributed by atoms with Gasteiger partial charge in [-0.2, -0.15) is 18.3 Å². The Labute approximate surface area is 184 Å². The summed E-state index contributed by atoms with van der Waals surface area (Å²) in [7, 11) is 0. The van der Waals surface area contributed by atoms with Crippen molar-refractivity contribution in [1.29, 1.82) is 0 Å². The summed E-state index contributed by atoms with van der Waals surface area (Å²) in [4.78, 5) is 3.35. The Bertz CT molecular complexity index is 1010. The molecule has 1 aromatic heterocycles. The van der Waals surface area contributed by atoms with Gasteiger partial charge in [-0.25, -0.2) is 0 Å². The maximum atomic E-state index is 13.3. The average Bonchev–Trinajstić information content (AvgIpc) is 3.23. The van der Waals surface area contributed by atoms with Gasteiger partial charge < -0.3 is 4.74 Å². The molecule has 3 aromatic rings. The average molecular weight is 448 g/mol. The molecule has 0 spiro atoms. The summed E-state index contributed by atoms with van der Waals surface area (Å²) >= 11 is 1.67. The number of hydrogen-bond donors (Lipinski definition) is 0. The molecule has 0 unspecified atom stereocenters. The van der Waals surface area contributed by atoms with Crippen LogP contribution >= 0.6 is 11.8 Å². The first-order valence-corrected chi connectivity index (χ1v) is 11.4. The molecular weight excluding hydrogens is 423 g/mol. The second-order valence-corrected chi connectivity index (χ2v) is 8.28. The van der Waals surface area contributed by atoms with Crippen molar-refractivity contribution in [1.82, 2.24) is 14.7 Å². The van der Waals surface area contributed by atoms with Gasteiger partial charge in [0.25, 0.3) is 0 Å². The maximum Gasteiger partial charge on any atom is 0.435 e. The first-order chi connectivity index (χ1) is 14.9. The highest BCUT2D eigenvalue weighted by Crippen LogP contribution is 2.33. The fourth-order valence-corrected chi connectivity index (χ4v) is 4.11. The second kappa shape index (κ2) is 9.46. The lowest BCUT2D eigenvalue weighted by atomic mass is 10.0. The molecule has 31 heavy (non-hydrogen) atoms. The lowest BCUT2D eigenvalue weighted by Crippen LogP contribution is -2.38. The summed E-state index contributed by atoms with van der Waals surface area (Å²) < 4.78 is 46.8. The van der Waals surface area contributed by atoms with Gasteiger partial charge in [-0.1, -0.05) is 36.4 Å². The third-order valence-electron chi connectivity index (χ3n) is 5.39. The molecule has 0 radical (unpaired) electrons. The Morgan fingerprint density at radius 3 is 2.32 bits per heavy atom. The zero-order chi connectivity index (χ0) is 21.8. The lowest BCUT2D eigenvalue weighted by Gasteiger charge is -2.26. The molecule has 164 valence electrons. The maximum absolute atomic E-state index is 13.3. The van der Waals surface area contributed by atoms with E-state index >= 15 is 0 Å². The van der Waals surface area contributed by atoms with Gasteiger partial charge in [0.1, 0.15) is 0 Å². The van der Waals surface area contributed by atoms with Gasteiger partial charge in [0.15, 0.2) is 5.69 Å². The van der Waals surface area contributed by atoms with E-state index in [4.69, 9.17) is 4.74 Å². The number of aromatic nitrogens is 2. The van der Waals surface area contributed by atoms with Crippen LogP contribution in [-0.2, 0) is 17.5 Å². The summed E-state index contributed by atoms with van der Waals surface area (Å²) in [6.45, 7) is 3.90. The Hall–Kier alpha value is -2.29. The van der Waals surface area contributed by atoms with Crippen molar-refractivity contribution >= 4 is 11.8 Å². The number of halogens is 3. The molecule has 0 saturated carbocycles.